The van der Waals surface area contributed by atoms with Crippen molar-refractivity contribution in [2.45, 2.75) is 71.1 Å². The molecule has 0 spiro atoms. The molecule has 36 heavy (non-hydrogen) atoms. The molecule has 0 bridgehead atoms. The summed E-state index contributed by atoms with van der Waals surface area (Å²) in [6.07, 6.45) is 14.6. The number of allylic oxidation sites excluding steroid dienone is 5. The van der Waals surface area contributed by atoms with Crippen molar-refractivity contribution >= 4 is 28.8 Å². The maximum absolute atomic E-state index is 6.52. The SMILES string of the molecule is CCN(/C=C1C=C(/C=C(\C2CC2)N(CC)c2cc(C)ccc2C)CCC/1)c1c(N)ccc2c1SCC2. The lowest BCUT2D eigenvalue weighted by Crippen LogP contribution is -2.24. The molecule has 0 radical (unpaired) electrons. The van der Waals surface area contributed by atoms with Crippen LogP contribution in [0.2, 0.25) is 0 Å². The van der Waals surface area contributed by atoms with Gasteiger partial charge in [0.1, 0.15) is 0 Å². The summed E-state index contributed by atoms with van der Waals surface area (Å²) in [4.78, 5) is 6.35. The molecule has 2 aromatic rings. The quantitative estimate of drug-likeness (QED) is 0.371. The van der Waals surface area contributed by atoms with Crippen LogP contribution in [0.3, 0.4) is 0 Å². The Labute approximate surface area is 222 Å². The molecule has 2 N–H and O–H groups in total. The predicted molar refractivity (Wildman–Crippen MR) is 158 cm³/mol. The number of fused-ring (bicyclic) bond motifs is 1. The van der Waals surface area contributed by atoms with Crippen molar-refractivity contribution in [1.29, 1.82) is 0 Å². The highest BCUT2D eigenvalue weighted by Gasteiger charge is 2.31. The lowest BCUT2D eigenvalue weighted by molar-refractivity contribution is 0.781. The van der Waals surface area contributed by atoms with E-state index in [1.165, 1.54) is 69.1 Å². The first kappa shape index (κ1) is 25.1. The van der Waals surface area contributed by atoms with Gasteiger partial charge in [-0.05, 0) is 118 Å². The first-order chi connectivity index (χ1) is 17.5. The van der Waals surface area contributed by atoms with Crippen LogP contribution in [0.15, 0.2) is 70.4 Å². The zero-order chi connectivity index (χ0) is 25.2. The summed E-state index contributed by atoms with van der Waals surface area (Å²) in [7, 11) is 0. The molecule has 1 aliphatic heterocycles. The van der Waals surface area contributed by atoms with Crippen molar-refractivity contribution in [3.63, 3.8) is 0 Å². The lowest BCUT2D eigenvalue weighted by Gasteiger charge is -2.29. The molecule has 0 unspecified atom stereocenters. The Kier molecular flexibility index (Phi) is 7.52. The normalized spacial score (nSPS) is 18.8. The Balaban J connectivity index is 1.48. The van der Waals surface area contributed by atoms with Crippen LogP contribution in [-0.2, 0) is 6.42 Å². The topological polar surface area (TPSA) is 32.5 Å². The summed E-state index contributed by atoms with van der Waals surface area (Å²) in [6.45, 7) is 10.9. The van der Waals surface area contributed by atoms with Gasteiger partial charge in [-0.25, -0.2) is 0 Å². The monoisotopic (exact) mass is 499 g/mol. The number of nitrogens with zero attached hydrogens (tertiary/aromatic N) is 2. The van der Waals surface area contributed by atoms with E-state index in [2.05, 4.69) is 86.2 Å². The zero-order valence-corrected chi connectivity index (χ0v) is 23.3. The van der Waals surface area contributed by atoms with E-state index in [1.54, 1.807) is 0 Å². The van der Waals surface area contributed by atoms with E-state index in [0.717, 1.165) is 43.8 Å². The van der Waals surface area contributed by atoms with Gasteiger partial charge >= 0.3 is 0 Å². The van der Waals surface area contributed by atoms with Crippen LogP contribution in [0.4, 0.5) is 17.1 Å². The highest BCUT2D eigenvalue weighted by Crippen LogP contribution is 2.44. The second kappa shape index (κ2) is 10.8. The van der Waals surface area contributed by atoms with Crippen LogP contribution < -0.4 is 15.5 Å². The van der Waals surface area contributed by atoms with Gasteiger partial charge in [-0.1, -0.05) is 24.3 Å². The van der Waals surface area contributed by atoms with Gasteiger partial charge in [0.15, 0.2) is 0 Å². The summed E-state index contributed by atoms with van der Waals surface area (Å²) in [6, 6.07) is 11.2. The van der Waals surface area contributed by atoms with Crippen LogP contribution in [-0.4, -0.2) is 18.8 Å². The molecule has 0 atom stereocenters. The Hall–Kier alpha value is -2.59. The fourth-order valence-electron chi connectivity index (χ4n) is 5.64. The zero-order valence-electron chi connectivity index (χ0n) is 22.4. The van der Waals surface area contributed by atoms with Crippen LogP contribution in [0, 0.1) is 19.8 Å². The molecule has 3 aliphatic rings. The van der Waals surface area contributed by atoms with Crippen molar-refractivity contribution in [2.75, 3.05) is 34.4 Å². The van der Waals surface area contributed by atoms with Crippen molar-refractivity contribution in [3.8, 4) is 0 Å². The van der Waals surface area contributed by atoms with Crippen molar-refractivity contribution in [2.24, 2.45) is 5.92 Å². The molecule has 5 rings (SSSR count). The van der Waals surface area contributed by atoms with Gasteiger partial charge in [-0.3, -0.25) is 0 Å². The smallest absolute Gasteiger partial charge is 0.0780 e. The largest absolute Gasteiger partial charge is 0.397 e. The van der Waals surface area contributed by atoms with E-state index in [4.69, 9.17) is 5.73 Å². The average Bonchev–Trinajstić information content (AvgIpc) is 3.61. The molecule has 1 saturated carbocycles. The third kappa shape index (κ3) is 5.25. The maximum Gasteiger partial charge on any atom is 0.0780 e. The number of rotatable bonds is 8. The number of nitrogen functional groups attached to an aromatic ring is 1. The summed E-state index contributed by atoms with van der Waals surface area (Å²) in [5, 5.41) is 0. The molecule has 190 valence electrons. The summed E-state index contributed by atoms with van der Waals surface area (Å²) in [5.74, 6) is 1.85. The Morgan fingerprint density at radius 3 is 2.64 bits per heavy atom. The minimum atomic E-state index is 0.691. The van der Waals surface area contributed by atoms with Crippen molar-refractivity contribution < 1.29 is 0 Å². The standard InChI is InChI=1S/C32H41N3S/c1-5-34(31-28(33)15-14-27-16-17-36-32(27)31)21-25-9-7-8-24(19-25)20-30(26-12-13-26)35(6-2)29-18-22(3)10-11-23(29)4/h10-11,14-15,18-21,26H,5-9,12-13,16-17,33H2,1-4H3/b25-21+,30-20+. The number of aryl methyl sites for hydroxylation is 3. The van der Waals surface area contributed by atoms with E-state index in [1.807, 2.05) is 11.8 Å². The molecule has 2 aliphatic carbocycles. The second-order valence-corrected chi connectivity index (χ2v) is 11.6. The Morgan fingerprint density at radius 2 is 1.89 bits per heavy atom. The highest BCUT2D eigenvalue weighted by atomic mass is 32.2. The number of hydrogen-bond donors (Lipinski definition) is 1. The predicted octanol–water partition coefficient (Wildman–Crippen LogP) is 8.17. The minimum Gasteiger partial charge on any atom is -0.397 e. The van der Waals surface area contributed by atoms with Gasteiger partial charge in [0.25, 0.3) is 0 Å². The fourth-order valence-corrected chi connectivity index (χ4v) is 6.90. The Morgan fingerprint density at radius 1 is 1.06 bits per heavy atom. The molecule has 0 aromatic heterocycles. The number of nitrogens with two attached hydrogens (primary N) is 1. The fraction of sp³-hybridized carbons (Fsp3) is 0.438. The molecule has 2 aromatic carbocycles. The average molecular weight is 500 g/mol. The number of thioether (sulfide) groups is 1. The van der Waals surface area contributed by atoms with E-state index in [0.29, 0.717) is 5.92 Å². The first-order valence-electron chi connectivity index (χ1n) is 13.8. The van der Waals surface area contributed by atoms with E-state index >= 15 is 0 Å². The van der Waals surface area contributed by atoms with Crippen molar-refractivity contribution in [1.82, 2.24) is 0 Å². The third-order valence-corrected chi connectivity index (χ3v) is 8.88. The van der Waals surface area contributed by atoms with Crippen LogP contribution in [0.25, 0.3) is 0 Å². The van der Waals surface area contributed by atoms with E-state index in [9.17, 15) is 0 Å². The van der Waals surface area contributed by atoms with Crippen LogP contribution in [0.5, 0.6) is 0 Å². The third-order valence-electron chi connectivity index (χ3n) is 7.73. The van der Waals surface area contributed by atoms with Gasteiger partial charge in [-0.15, -0.1) is 11.8 Å². The molecule has 4 heteroatoms. The van der Waals surface area contributed by atoms with Crippen LogP contribution in [0.1, 0.15) is 62.6 Å². The second-order valence-electron chi connectivity index (χ2n) is 10.5. The number of benzene rings is 2. The van der Waals surface area contributed by atoms with Gasteiger partial charge < -0.3 is 15.5 Å². The highest BCUT2D eigenvalue weighted by molar-refractivity contribution is 7.99. The molecule has 0 amide bonds. The number of anilines is 3. The molecular weight excluding hydrogens is 458 g/mol. The maximum atomic E-state index is 6.52. The molecule has 3 nitrogen and oxygen atoms in total. The van der Waals surface area contributed by atoms with Gasteiger partial charge in [0.2, 0.25) is 0 Å². The minimum absolute atomic E-state index is 0.691. The summed E-state index contributed by atoms with van der Waals surface area (Å²) >= 11 is 1.96. The molecule has 0 saturated heterocycles. The van der Waals surface area contributed by atoms with E-state index < -0.39 is 0 Å². The Bertz CT molecular complexity index is 1220. The van der Waals surface area contributed by atoms with Gasteiger partial charge in [-0.2, -0.15) is 0 Å². The lowest BCUT2D eigenvalue weighted by atomic mass is 9.94. The molecule has 1 fully saturated rings. The van der Waals surface area contributed by atoms with Crippen LogP contribution >= 0.6 is 11.8 Å². The summed E-state index contributed by atoms with van der Waals surface area (Å²) in [5.41, 5.74) is 18.5. The molecular formula is C32H41N3S. The van der Waals surface area contributed by atoms with E-state index in [-0.39, 0.29) is 0 Å². The van der Waals surface area contributed by atoms with Gasteiger partial charge in [0.05, 0.1) is 11.4 Å². The van der Waals surface area contributed by atoms with Crippen molar-refractivity contribution in [3.05, 3.63) is 82.2 Å². The molecule has 1 heterocycles. The van der Waals surface area contributed by atoms with Gasteiger partial charge in [0, 0.05) is 41.3 Å². The summed E-state index contributed by atoms with van der Waals surface area (Å²) < 4.78 is 0. The number of hydrogen-bond acceptors (Lipinski definition) is 4. The first-order valence-corrected chi connectivity index (χ1v) is 14.8.